The van der Waals surface area contributed by atoms with Crippen molar-refractivity contribution in [3.05, 3.63) is 0 Å². The van der Waals surface area contributed by atoms with Crippen LogP contribution in [0.1, 0.15) is 52.9 Å². The number of carbonyl (C=O) groups is 1. The molecule has 108 valence electrons. The lowest BCUT2D eigenvalue weighted by Crippen LogP contribution is -2.38. The number of epoxide rings is 2. The van der Waals surface area contributed by atoms with Crippen molar-refractivity contribution in [2.24, 2.45) is 5.92 Å². The summed E-state index contributed by atoms with van der Waals surface area (Å²) in [6.07, 6.45) is 5.77. The van der Waals surface area contributed by atoms with E-state index in [-0.39, 0.29) is 23.6 Å². The van der Waals surface area contributed by atoms with Gasteiger partial charge in [0.05, 0.1) is 30.3 Å². The highest BCUT2D eigenvalue weighted by Gasteiger charge is 2.50. The number of esters is 1. The number of ether oxygens (including phenoxy) is 3. The summed E-state index contributed by atoms with van der Waals surface area (Å²) in [6, 6.07) is 0. The summed E-state index contributed by atoms with van der Waals surface area (Å²) < 4.78 is 16.7. The topological polar surface area (TPSA) is 51.4 Å². The van der Waals surface area contributed by atoms with Gasteiger partial charge in [0, 0.05) is 6.42 Å². The number of hydrogen-bond acceptors (Lipinski definition) is 4. The van der Waals surface area contributed by atoms with Gasteiger partial charge in [-0.2, -0.15) is 0 Å². The fourth-order valence-corrected chi connectivity index (χ4v) is 3.19. The van der Waals surface area contributed by atoms with Crippen LogP contribution in [0.5, 0.6) is 0 Å². The lowest BCUT2D eigenvalue weighted by Gasteiger charge is -2.32. The number of fused-ring (bicyclic) bond motifs is 1. The lowest BCUT2D eigenvalue weighted by atomic mass is 9.86. The van der Waals surface area contributed by atoms with Crippen LogP contribution in [-0.4, -0.2) is 36.0 Å². The maximum absolute atomic E-state index is 12.3. The van der Waals surface area contributed by atoms with Gasteiger partial charge >= 0.3 is 5.97 Å². The van der Waals surface area contributed by atoms with E-state index in [1.54, 1.807) is 0 Å². The molecule has 0 bridgehead atoms. The third kappa shape index (κ3) is 2.95. The Morgan fingerprint density at radius 2 is 2.16 bits per heavy atom. The molecule has 4 nitrogen and oxygen atoms in total. The third-order valence-corrected chi connectivity index (χ3v) is 4.80. The Balaban J connectivity index is 1.53. The third-order valence-electron chi connectivity index (χ3n) is 4.80. The standard InChI is InChI=1S/C15H24O4/c1-4-10(7-12-9(2)17-12)14(16)19-15(3)6-5-11-13(8-15)18-11/h9-13H,4-8H2,1-3H3. The maximum Gasteiger partial charge on any atom is 0.309 e. The average molecular weight is 268 g/mol. The number of hydrogen-bond donors (Lipinski definition) is 0. The molecule has 1 aliphatic carbocycles. The van der Waals surface area contributed by atoms with Crippen molar-refractivity contribution in [2.75, 3.05) is 0 Å². The zero-order valence-electron chi connectivity index (χ0n) is 12.1. The van der Waals surface area contributed by atoms with Gasteiger partial charge in [-0.3, -0.25) is 4.79 Å². The number of carbonyl (C=O) groups excluding carboxylic acids is 1. The average Bonchev–Trinajstić information content (AvgIpc) is 3.23. The van der Waals surface area contributed by atoms with Crippen molar-refractivity contribution in [1.29, 1.82) is 0 Å². The molecule has 0 aromatic rings. The Hall–Kier alpha value is -0.610. The summed E-state index contributed by atoms with van der Waals surface area (Å²) in [5, 5.41) is 0. The highest BCUT2D eigenvalue weighted by molar-refractivity contribution is 5.73. The SMILES string of the molecule is CCC(CC1OC1C)C(=O)OC1(C)CCC2OC2C1. The molecule has 1 saturated carbocycles. The van der Waals surface area contributed by atoms with Crippen molar-refractivity contribution in [1.82, 2.24) is 0 Å². The first-order chi connectivity index (χ1) is 9.00. The second-order valence-corrected chi connectivity index (χ2v) is 6.55. The Labute approximate surface area is 114 Å². The molecule has 0 spiro atoms. The predicted molar refractivity (Wildman–Crippen MR) is 69.7 cm³/mol. The van der Waals surface area contributed by atoms with Gasteiger partial charge < -0.3 is 14.2 Å². The Bertz CT molecular complexity index is 369. The van der Waals surface area contributed by atoms with E-state index in [2.05, 4.69) is 6.92 Å². The zero-order valence-corrected chi connectivity index (χ0v) is 12.1. The summed E-state index contributed by atoms with van der Waals surface area (Å²) in [7, 11) is 0. The molecule has 2 aliphatic heterocycles. The summed E-state index contributed by atoms with van der Waals surface area (Å²) in [4.78, 5) is 12.3. The van der Waals surface area contributed by atoms with Crippen LogP contribution in [0.3, 0.4) is 0 Å². The van der Waals surface area contributed by atoms with E-state index in [0.717, 1.165) is 32.1 Å². The van der Waals surface area contributed by atoms with Gasteiger partial charge in [0.15, 0.2) is 0 Å². The van der Waals surface area contributed by atoms with E-state index >= 15 is 0 Å². The van der Waals surface area contributed by atoms with E-state index in [1.807, 2.05) is 13.8 Å². The molecule has 6 atom stereocenters. The van der Waals surface area contributed by atoms with Crippen molar-refractivity contribution < 1.29 is 19.0 Å². The van der Waals surface area contributed by atoms with Gasteiger partial charge in [0.1, 0.15) is 5.60 Å². The number of rotatable bonds is 5. The van der Waals surface area contributed by atoms with E-state index < -0.39 is 0 Å². The fraction of sp³-hybridized carbons (Fsp3) is 0.933. The molecular weight excluding hydrogens is 244 g/mol. The van der Waals surface area contributed by atoms with Crippen LogP contribution in [0.25, 0.3) is 0 Å². The predicted octanol–water partition coefficient (Wildman–Crippen LogP) is 2.44. The van der Waals surface area contributed by atoms with Crippen LogP contribution in [0.2, 0.25) is 0 Å². The van der Waals surface area contributed by atoms with Crippen molar-refractivity contribution in [3.8, 4) is 0 Å². The molecule has 3 aliphatic rings. The van der Waals surface area contributed by atoms with Gasteiger partial charge in [-0.1, -0.05) is 6.92 Å². The molecule has 0 N–H and O–H groups in total. The second kappa shape index (κ2) is 4.74. The van der Waals surface area contributed by atoms with Gasteiger partial charge in [-0.15, -0.1) is 0 Å². The minimum atomic E-state index is -0.321. The fourth-order valence-electron chi connectivity index (χ4n) is 3.19. The molecule has 0 amide bonds. The first-order valence-corrected chi connectivity index (χ1v) is 7.54. The van der Waals surface area contributed by atoms with Crippen LogP contribution in [0.4, 0.5) is 0 Å². The Morgan fingerprint density at radius 3 is 2.74 bits per heavy atom. The molecule has 0 aromatic heterocycles. The van der Waals surface area contributed by atoms with Gasteiger partial charge in [-0.05, 0) is 39.5 Å². The summed E-state index contributed by atoms with van der Waals surface area (Å²) in [5.41, 5.74) is -0.321. The Morgan fingerprint density at radius 1 is 1.42 bits per heavy atom. The van der Waals surface area contributed by atoms with E-state index in [9.17, 15) is 4.79 Å². The van der Waals surface area contributed by atoms with Crippen LogP contribution in [0, 0.1) is 5.92 Å². The molecule has 0 radical (unpaired) electrons. The Kier molecular flexibility index (Phi) is 3.34. The van der Waals surface area contributed by atoms with Crippen molar-refractivity contribution in [2.45, 2.75) is 82.9 Å². The normalized spacial score (nSPS) is 45.2. The lowest BCUT2D eigenvalue weighted by molar-refractivity contribution is -0.166. The van der Waals surface area contributed by atoms with Gasteiger partial charge in [0.2, 0.25) is 0 Å². The smallest absolute Gasteiger partial charge is 0.309 e. The summed E-state index contributed by atoms with van der Waals surface area (Å²) in [5.74, 6) is -0.0728. The second-order valence-electron chi connectivity index (χ2n) is 6.55. The zero-order chi connectivity index (χ0) is 13.6. The highest BCUT2D eigenvalue weighted by Crippen LogP contribution is 2.43. The van der Waals surface area contributed by atoms with Gasteiger partial charge in [0.25, 0.3) is 0 Å². The molecule has 0 aromatic carbocycles. The van der Waals surface area contributed by atoms with Crippen LogP contribution in [-0.2, 0) is 19.0 Å². The highest BCUT2D eigenvalue weighted by atomic mass is 16.6. The first kappa shape index (κ1) is 13.4. The summed E-state index contributed by atoms with van der Waals surface area (Å²) in [6.45, 7) is 6.14. The quantitative estimate of drug-likeness (QED) is 0.567. The van der Waals surface area contributed by atoms with E-state index in [0.29, 0.717) is 18.3 Å². The van der Waals surface area contributed by atoms with E-state index in [1.165, 1.54) is 0 Å². The molecular formula is C15H24O4. The van der Waals surface area contributed by atoms with E-state index in [4.69, 9.17) is 14.2 Å². The minimum Gasteiger partial charge on any atom is -0.459 e. The summed E-state index contributed by atoms with van der Waals surface area (Å²) >= 11 is 0. The molecule has 3 fully saturated rings. The monoisotopic (exact) mass is 268 g/mol. The van der Waals surface area contributed by atoms with Crippen molar-refractivity contribution in [3.63, 3.8) is 0 Å². The van der Waals surface area contributed by atoms with Crippen molar-refractivity contribution >= 4 is 5.97 Å². The molecule has 6 unspecified atom stereocenters. The van der Waals surface area contributed by atoms with Crippen LogP contribution in [0.15, 0.2) is 0 Å². The molecule has 2 heterocycles. The molecule has 3 rings (SSSR count). The van der Waals surface area contributed by atoms with Crippen LogP contribution >= 0.6 is 0 Å². The largest absolute Gasteiger partial charge is 0.459 e. The molecule has 19 heavy (non-hydrogen) atoms. The first-order valence-electron chi connectivity index (χ1n) is 7.54. The molecule has 2 saturated heterocycles. The van der Waals surface area contributed by atoms with Crippen LogP contribution < -0.4 is 0 Å². The minimum absolute atomic E-state index is 0.0235. The maximum atomic E-state index is 12.3. The molecule has 4 heteroatoms. The van der Waals surface area contributed by atoms with Gasteiger partial charge in [-0.25, -0.2) is 0 Å².